The first-order chi connectivity index (χ1) is 11.5. The minimum atomic E-state index is -0.548. The zero-order chi connectivity index (χ0) is 17.1. The number of halogens is 2. The fourth-order valence-electron chi connectivity index (χ4n) is 2.81. The van der Waals surface area contributed by atoms with Gasteiger partial charge in [-0.05, 0) is 31.4 Å². The number of aliphatic hydroxyl groups is 1. The van der Waals surface area contributed by atoms with Gasteiger partial charge in [-0.2, -0.15) is 4.98 Å². The molecule has 1 aromatic carbocycles. The van der Waals surface area contributed by atoms with Crippen LogP contribution in [-0.4, -0.2) is 33.3 Å². The van der Waals surface area contributed by atoms with E-state index in [1.54, 1.807) is 18.2 Å². The van der Waals surface area contributed by atoms with E-state index in [4.69, 9.17) is 10.3 Å². The number of hydrogen-bond donors (Lipinski definition) is 3. The minimum Gasteiger partial charge on any atom is -0.392 e. The third-order valence-electron chi connectivity index (χ3n) is 4.23. The Morgan fingerprint density at radius 2 is 2.16 bits per heavy atom. The first-order valence-corrected chi connectivity index (χ1v) is 7.83. The highest BCUT2D eigenvalue weighted by molar-refractivity contribution is 5.85. The smallest absolute Gasteiger partial charge is 0.246 e. The van der Waals surface area contributed by atoms with Crippen molar-refractivity contribution >= 4 is 18.3 Å². The van der Waals surface area contributed by atoms with Gasteiger partial charge in [-0.3, -0.25) is 4.79 Å². The predicted octanol–water partition coefficient (Wildman–Crippen LogP) is 1.40. The molecule has 9 heteroatoms. The van der Waals surface area contributed by atoms with Crippen LogP contribution in [0, 0.1) is 11.7 Å². The van der Waals surface area contributed by atoms with Crippen LogP contribution < -0.4 is 11.1 Å². The van der Waals surface area contributed by atoms with Crippen LogP contribution in [0.5, 0.6) is 0 Å². The summed E-state index contributed by atoms with van der Waals surface area (Å²) in [7, 11) is 0. The highest BCUT2D eigenvalue weighted by atomic mass is 35.5. The van der Waals surface area contributed by atoms with Gasteiger partial charge in [-0.1, -0.05) is 17.3 Å². The van der Waals surface area contributed by atoms with Gasteiger partial charge < -0.3 is 20.7 Å². The number of nitrogens with one attached hydrogen (secondary N) is 1. The molecule has 1 amide bonds. The van der Waals surface area contributed by atoms with Crippen LogP contribution in [0.2, 0.25) is 0 Å². The Balaban J connectivity index is 0.00000225. The van der Waals surface area contributed by atoms with E-state index < -0.39 is 11.9 Å². The van der Waals surface area contributed by atoms with Crippen molar-refractivity contribution in [3.05, 3.63) is 36.0 Å². The quantitative estimate of drug-likeness (QED) is 0.749. The lowest BCUT2D eigenvalue weighted by atomic mass is 9.84. The molecule has 25 heavy (non-hydrogen) atoms. The molecule has 1 aromatic heterocycles. The summed E-state index contributed by atoms with van der Waals surface area (Å²) in [6.45, 7) is 0.0641. The molecule has 0 radical (unpaired) electrons. The van der Waals surface area contributed by atoms with Gasteiger partial charge in [0.25, 0.3) is 0 Å². The summed E-state index contributed by atoms with van der Waals surface area (Å²) < 4.78 is 18.7. The third kappa shape index (κ3) is 4.53. The highest BCUT2D eigenvalue weighted by Gasteiger charge is 2.30. The third-order valence-corrected chi connectivity index (χ3v) is 4.23. The summed E-state index contributed by atoms with van der Waals surface area (Å²) in [5, 5.41) is 16.0. The van der Waals surface area contributed by atoms with Gasteiger partial charge in [0.2, 0.25) is 17.6 Å². The number of aliphatic hydroxyl groups excluding tert-OH is 1. The summed E-state index contributed by atoms with van der Waals surface area (Å²) in [4.78, 5) is 16.2. The molecule has 4 N–H and O–H groups in total. The maximum atomic E-state index is 13.7. The average molecular weight is 371 g/mol. The summed E-state index contributed by atoms with van der Waals surface area (Å²) in [6, 6.07) is 5.74. The Morgan fingerprint density at radius 1 is 1.40 bits per heavy atom. The molecule has 0 unspecified atom stereocenters. The van der Waals surface area contributed by atoms with Gasteiger partial charge in [0.15, 0.2) is 0 Å². The normalized spacial score (nSPS) is 22.9. The van der Waals surface area contributed by atoms with Gasteiger partial charge >= 0.3 is 0 Å². The monoisotopic (exact) mass is 370 g/mol. The minimum absolute atomic E-state index is 0. The van der Waals surface area contributed by atoms with Crippen molar-refractivity contribution in [1.82, 2.24) is 15.5 Å². The Kier molecular flexibility index (Phi) is 6.46. The van der Waals surface area contributed by atoms with E-state index in [1.807, 2.05) is 0 Å². The van der Waals surface area contributed by atoms with Gasteiger partial charge in [0.1, 0.15) is 5.82 Å². The largest absolute Gasteiger partial charge is 0.392 e. The van der Waals surface area contributed by atoms with E-state index in [-0.39, 0.29) is 54.1 Å². The zero-order valence-electron chi connectivity index (χ0n) is 13.4. The number of nitrogens with zero attached hydrogens (tertiary/aromatic N) is 2. The second kappa shape index (κ2) is 8.37. The molecule has 1 fully saturated rings. The fourth-order valence-corrected chi connectivity index (χ4v) is 2.81. The summed E-state index contributed by atoms with van der Waals surface area (Å²) in [5.41, 5.74) is 6.03. The van der Waals surface area contributed by atoms with Crippen LogP contribution in [0.15, 0.2) is 28.8 Å². The van der Waals surface area contributed by atoms with Crippen LogP contribution in [-0.2, 0) is 11.3 Å². The second-order valence-electron chi connectivity index (χ2n) is 5.95. The van der Waals surface area contributed by atoms with Gasteiger partial charge in [-0.15, -0.1) is 12.4 Å². The van der Waals surface area contributed by atoms with E-state index in [1.165, 1.54) is 6.07 Å². The molecule has 7 nitrogen and oxygen atoms in total. The molecule has 0 bridgehead atoms. The summed E-state index contributed by atoms with van der Waals surface area (Å²) in [6.07, 6.45) is 0.993. The Morgan fingerprint density at radius 3 is 2.88 bits per heavy atom. The van der Waals surface area contributed by atoms with E-state index in [0.29, 0.717) is 19.3 Å². The first kappa shape index (κ1) is 19.3. The number of nitrogens with two attached hydrogens (primary N) is 1. The molecule has 1 heterocycles. The molecule has 0 spiro atoms. The Labute approximate surface area is 150 Å². The molecule has 0 aliphatic heterocycles. The number of amides is 1. The molecule has 1 aliphatic carbocycles. The lowest BCUT2D eigenvalue weighted by molar-refractivity contribution is -0.127. The number of aromatic nitrogens is 2. The molecule has 3 atom stereocenters. The lowest BCUT2D eigenvalue weighted by Crippen LogP contribution is -2.44. The van der Waals surface area contributed by atoms with Gasteiger partial charge in [0, 0.05) is 12.0 Å². The van der Waals surface area contributed by atoms with E-state index in [2.05, 4.69) is 15.5 Å². The number of carbonyl (C=O) groups excluding carboxylic acids is 1. The number of benzene rings is 1. The van der Waals surface area contributed by atoms with Crippen molar-refractivity contribution in [2.24, 2.45) is 11.7 Å². The van der Waals surface area contributed by atoms with Crippen molar-refractivity contribution in [3.8, 4) is 11.4 Å². The number of carbonyl (C=O) groups is 1. The standard InChI is InChI=1S/C16H19FN4O3.ClH/c17-11-4-2-1-3-10(11)15-20-14(24-21-15)8-19-16(23)9-5-6-13(22)12(18)7-9;/h1-4,9,12-13,22H,5-8,18H2,(H,19,23);1H/t9-,12+,13+;/m0./s1. The van der Waals surface area contributed by atoms with Crippen molar-refractivity contribution in [2.45, 2.75) is 38.0 Å². The maximum absolute atomic E-state index is 13.7. The SMILES string of the molecule is Cl.N[C@@H]1C[C@@H](C(=O)NCc2nc(-c3ccccc3F)no2)CC[C@H]1O. The second-order valence-corrected chi connectivity index (χ2v) is 5.95. The molecular formula is C16H20ClFN4O3. The predicted molar refractivity (Wildman–Crippen MR) is 90.1 cm³/mol. The molecule has 0 saturated heterocycles. The summed E-state index contributed by atoms with van der Waals surface area (Å²) >= 11 is 0. The Bertz CT molecular complexity index is 727. The fraction of sp³-hybridized carbons (Fsp3) is 0.438. The van der Waals surface area contributed by atoms with Crippen molar-refractivity contribution in [3.63, 3.8) is 0 Å². The van der Waals surface area contributed by atoms with Crippen molar-refractivity contribution in [1.29, 1.82) is 0 Å². The van der Waals surface area contributed by atoms with E-state index in [9.17, 15) is 14.3 Å². The average Bonchev–Trinajstić information content (AvgIpc) is 3.04. The van der Waals surface area contributed by atoms with Gasteiger partial charge in [0.05, 0.1) is 18.2 Å². The zero-order valence-corrected chi connectivity index (χ0v) is 14.2. The van der Waals surface area contributed by atoms with Crippen LogP contribution >= 0.6 is 12.4 Å². The van der Waals surface area contributed by atoms with Crippen LogP contribution in [0.1, 0.15) is 25.2 Å². The molecule has 2 aromatic rings. The topological polar surface area (TPSA) is 114 Å². The number of rotatable bonds is 4. The molecule has 1 saturated carbocycles. The lowest BCUT2D eigenvalue weighted by Gasteiger charge is -2.29. The van der Waals surface area contributed by atoms with Crippen LogP contribution in [0.25, 0.3) is 11.4 Å². The van der Waals surface area contributed by atoms with E-state index in [0.717, 1.165) is 0 Å². The molecule has 1 aliphatic rings. The van der Waals surface area contributed by atoms with Crippen molar-refractivity contribution in [2.75, 3.05) is 0 Å². The molecular weight excluding hydrogens is 351 g/mol. The van der Waals surface area contributed by atoms with Gasteiger partial charge in [-0.25, -0.2) is 4.39 Å². The number of hydrogen-bond acceptors (Lipinski definition) is 6. The Hall–Kier alpha value is -2.03. The maximum Gasteiger partial charge on any atom is 0.246 e. The highest BCUT2D eigenvalue weighted by Crippen LogP contribution is 2.24. The van der Waals surface area contributed by atoms with Crippen LogP contribution in [0.4, 0.5) is 4.39 Å². The van der Waals surface area contributed by atoms with Crippen LogP contribution in [0.3, 0.4) is 0 Å². The van der Waals surface area contributed by atoms with E-state index >= 15 is 0 Å². The molecule has 136 valence electrons. The molecule has 3 rings (SSSR count). The van der Waals surface area contributed by atoms with Crippen molar-refractivity contribution < 1.29 is 18.8 Å². The summed E-state index contributed by atoms with van der Waals surface area (Å²) in [5.74, 6) is -0.508. The first-order valence-electron chi connectivity index (χ1n) is 7.83.